The van der Waals surface area contributed by atoms with Gasteiger partial charge in [-0.3, -0.25) is 4.79 Å². The molecule has 0 radical (unpaired) electrons. The fraction of sp³-hybridized carbons (Fsp3) is 0.222. The molecule has 3 rings (SSSR count). The first-order valence-corrected chi connectivity index (χ1v) is 8.44. The molecule has 2 aromatic carbocycles. The smallest absolute Gasteiger partial charge is 0.246 e. The Kier molecular flexibility index (Phi) is 5.66. The van der Waals surface area contributed by atoms with Gasteiger partial charge in [0.25, 0.3) is 0 Å². The summed E-state index contributed by atoms with van der Waals surface area (Å²) in [5.74, 6) is -0.167. The average molecular weight is 390 g/mol. The summed E-state index contributed by atoms with van der Waals surface area (Å²) in [6, 6.07) is 11.6. The average Bonchev–Trinajstić information content (AvgIpc) is 3.10. The number of amides is 1. The summed E-state index contributed by atoms with van der Waals surface area (Å²) >= 11 is 5.96. The minimum absolute atomic E-state index is 0.0807. The van der Waals surface area contributed by atoms with E-state index in [1.54, 1.807) is 37.4 Å². The van der Waals surface area contributed by atoms with E-state index >= 15 is 0 Å². The molecule has 0 aliphatic heterocycles. The van der Waals surface area contributed by atoms with Crippen LogP contribution in [0.4, 0.5) is 4.39 Å². The van der Waals surface area contributed by atoms with E-state index in [-0.39, 0.29) is 24.7 Å². The standard InChI is InChI=1S/C18H17ClFN5O2/c1-24(10-12-6-7-16(27-2)15(20)8-12)17(26)11-25-22-18(21-23-25)13-4-3-5-14(19)9-13/h3-9H,10-11H2,1-2H3. The maximum atomic E-state index is 13.8. The van der Waals surface area contributed by atoms with Gasteiger partial charge in [0.05, 0.1) is 7.11 Å². The van der Waals surface area contributed by atoms with Crippen LogP contribution in [0.15, 0.2) is 42.5 Å². The third-order valence-corrected chi connectivity index (χ3v) is 4.11. The lowest BCUT2D eigenvalue weighted by Crippen LogP contribution is -2.30. The zero-order valence-corrected chi connectivity index (χ0v) is 15.5. The van der Waals surface area contributed by atoms with Crippen molar-refractivity contribution in [2.45, 2.75) is 13.1 Å². The van der Waals surface area contributed by atoms with Crippen molar-refractivity contribution in [3.05, 3.63) is 58.9 Å². The van der Waals surface area contributed by atoms with E-state index in [2.05, 4.69) is 15.4 Å². The summed E-state index contributed by atoms with van der Waals surface area (Å²) in [7, 11) is 3.02. The molecule has 0 atom stereocenters. The van der Waals surface area contributed by atoms with Crippen LogP contribution >= 0.6 is 11.6 Å². The molecule has 27 heavy (non-hydrogen) atoms. The Bertz CT molecular complexity index is 962. The van der Waals surface area contributed by atoms with Crippen LogP contribution in [0.25, 0.3) is 11.4 Å². The second-order valence-electron chi connectivity index (χ2n) is 5.87. The first-order chi connectivity index (χ1) is 13.0. The van der Waals surface area contributed by atoms with Crippen molar-refractivity contribution >= 4 is 17.5 Å². The Morgan fingerprint density at radius 1 is 1.30 bits per heavy atom. The summed E-state index contributed by atoms with van der Waals surface area (Å²) in [4.78, 5) is 15.1. The molecular formula is C18H17ClFN5O2. The highest BCUT2D eigenvalue weighted by atomic mass is 35.5. The molecule has 3 aromatic rings. The van der Waals surface area contributed by atoms with E-state index in [0.29, 0.717) is 22.0 Å². The lowest BCUT2D eigenvalue weighted by molar-refractivity contribution is -0.131. The molecule has 7 nitrogen and oxygen atoms in total. The van der Waals surface area contributed by atoms with E-state index in [9.17, 15) is 9.18 Å². The Balaban J connectivity index is 1.64. The largest absolute Gasteiger partial charge is 0.494 e. The number of nitrogens with zero attached hydrogens (tertiary/aromatic N) is 5. The molecule has 0 aliphatic carbocycles. The van der Waals surface area contributed by atoms with Gasteiger partial charge in [-0.15, -0.1) is 10.2 Å². The first kappa shape index (κ1) is 18.8. The predicted molar refractivity (Wildman–Crippen MR) is 97.7 cm³/mol. The van der Waals surface area contributed by atoms with Crippen molar-refractivity contribution in [3.63, 3.8) is 0 Å². The summed E-state index contributed by atoms with van der Waals surface area (Å²) in [6.45, 7) is 0.165. The monoisotopic (exact) mass is 389 g/mol. The zero-order valence-electron chi connectivity index (χ0n) is 14.8. The van der Waals surface area contributed by atoms with Gasteiger partial charge in [-0.1, -0.05) is 29.8 Å². The highest BCUT2D eigenvalue weighted by Gasteiger charge is 2.14. The molecule has 140 valence electrons. The van der Waals surface area contributed by atoms with E-state index in [1.807, 2.05) is 0 Å². The van der Waals surface area contributed by atoms with Gasteiger partial charge in [0.1, 0.15) is 6.54 Å². The van der Waals surface area contributed by atoms with E-state index < -0.39 is 5.82 Å². The van der Waals surface area contributed by atoms with Crippen molar-refractivity contribution < 1.29 is 13.9 Å². The number of hydrogen-bond donors (Lipinski definition) is 0. The van der Waals surface area contributed by atoms with E-state index in [1.165, 1.54) is 28.9 Å². The van der Waals surface area contributed by atoms with Crippen molar-refractivity contribution in [1.82, 2.24) is 25.1 Å². The quantitative estimate of drug-likeness (QED) is 0.648. The van der Waals surface area contributed by atoms with Crippen LogP contribution in [0, 0.1) is 5.82 Å². The summed E-state index contributed by atoms with van der Waals surface area (Å²) in [5.41, 5.74) is 1.36. The van der Waals surface area contributed by atoms with Crippen LogP contribution in [0.1, 0.15) is 5.56 Å². The van der Waals surface area contributed by atoms with Crippen LogP contribution in [0.2, 0.25) is 5.02 Å². The van der Waals surface area contributed by atoms with Gasteiger partial charge >= 0.3 is 0 Å². The third kappa shape index (κ3) is 4.59. The minimum Gasteiger partial charge on any atom is -0.494 e. The van der Waals surface area contributed by atoms with Gasteiger partial charge in [-0.25, -0.2) is 4.39 Å². The third-order valence-electron chi connectivity index (χ3n) is 3.87. The molecule has 1 aromatic heterocycles. The number of aromatic nitrogens is 4. The number of hydrogen-bond acceptors (Lipinski definition) is 5. The fourth-order valence-corrected chi connectivity index (χ4v) is 2.66. The number of likely N-dealkylation sites (N-methyl/N-ethyl adjacent to an activating group) is 1. The molecular weight excluding hydrogens is 373 g/mol. The highest BCUT2D eigenvalue weighted by molar-refractivity contribution is 6.30. The maximum Gasteiger partial charge on any atom is 0.246 e. The number of carbonyl (C=O) groups excluding carboxylic acids is 1. The van der Waals surface area contributed by atoms with Crippen molar-refractivity contribution in [2.24, 2.45) is 0 Å². The summed E-state index contributed by atoms with van der Waals surface area (Å²) < 4.78 is 18.7. The topological polar surface area (TPSA) is 73.1 Å². The molecule has 0 fully saturated rings. The van der Waals surface area contributed by atoms with Gasteiger partial charge in [0.15, 0.2) is 11.6 Å². The fourth-order valence-electron chi connectivity index (χ4n) is 2.47. The number of tetrazole rings is 1. The van der Waals surface area contributed by atoms with Crippen LogP contribution in [-0.2, 0) is 17.9 Å². The molecule has 0 saturated heterocycles. The zero-order chi connectivity index (χ0) is 19.4. The molecule has 0 N–H and O–H groups in total. The minimum atomic E-state index is -0.472. The van der Waals surface area contributed by atoms with E-state index in [4.69, 9.17) is 16.3 Å². The SMILES string of the molecule is COc1ccc(CN(C)C(=O)Cn2nnc(-c3cccc(Cl)c3)n2)cc1F. The number of benzene rings is 2. The number of rotatable bonds is 6. The van der Waals surface area contributed by atoms with Crippen molar-refractivity contribution in [1.29, 1.82) is 0 Å². The van der Waals surface area contributed by atoms with Crippen molar-refractivity contribution in [3.8, 4) is 17.1 Å². The Hall–Kier alpha value is -3.00. The second kappa shape index (κ2) is 8.13. The van der Waals surface area contributed by atoms with Gasteiger partial charge < -0.3 is 9.64 Å². The Morgan fingerprint density at radius 3 is 2.81 bits per heavy atom. The number of methoxy groups -OCH3 is 1. The van der Waals surface area contributed by atoms with E-state index in [0.717, 1.165) is 0 Å². The number of halogens is 2. The molecule has 0 spiro atoms. The van der Waals surface area contributed by atoms with Crippen LogP contribution < -0.4 is 4.74 Å². The first-order valence-electron chi connectivity index (χ1n) is 8.06. The van der Waals surface area contributed by atoms with Crippen LogP contribution in [0.3, 0.4) is 0 Å². The number of ether oxygens (including phenoxy) is 1. The molecule has 1 heterocycles. The molecule has 0 aliphatic rings. The molecule has 0 unspecified atom stereocenters. The van der Waals surface area contributed by atoms with Gasteiger partial charge in [0.2, 0.25) is 11.7 Å². The van der Waals surface area contributed by atoms with Crippen LogP contribution in [0.5, 0.6) is 5.75 Å². The predicted octanol–water partition coefficient (Wildman–Crippen LogP) is 2.80. The van der Waals surface area contributed by atoms with Crippen LogP contribution in [-0.4, -0.2) is 45.2 Å². The van der Waals surface area contributed by atoms with Crippen molar-refractivity contribution in [2.75, 3.05) is 14.2 Å². The molecule has 0 saturated carbocycles. The lowest BCUT2D eigenvalue weighted by atomic mass is 10.2. The Labute approximate surface area is 160 Å². The lowest BCUT2D eigenvalue weighted by Gasteiger charge is -2.17. The normalized spacial score (nSPS) is 10.7. The molecule has 0 bridgehead atoms. The summed E-state index contributed by atoms with van der Waals surface area (Å²) in [5, 5.41) is 12.6. The Morgan fingerprint density at radius 2 is 2.11 bits per heavy atom. The van der Waals surface area contributed by atoms with Gasteiger partial charge in [-0.2, -0.15) is 4.80 Å². The molecule has 1 amide bonds. The number of carbonyl (C=O) groups is 1. The second-order valence-corrected chi connectivity index (χ2v) is 6.31. The van der Waals surface area contributed by atoms with Gasteiger partial charge in [-0.05, 0) is 35.0 Å². The highest BCUT2D eigenvalue weighted by Crippen LogP contribution is 2.19. The maximum absolute atomic E-state index is 13.8. The summed E-state index contributed by atoms with van der Waals surface area (Å²) in [6.07, 6.45) is 0. The molecule has 9 heteroatoms. The van der Waals surface area contributed by atoms with Gasteiger partial charge in [0, 0.05) is 24.2 Å².